The van der Waals surface area contributed by atoms with Crippen LogP contribution in [0.4, 0.5) is 5.69 Å². The van der Waals surface area contributed by atoms with Crippen LogP contribution >= 0.6 is 11.6 Å². The molecule has 0 spiro atoms. The Morgan fingerprint density at radius 3 is 2.68 bits per heavy atom. The molecule has 0 fully saturated rings. The van der Waals surface area contributed by atoms with E-state index in [1.165, 1.54) is 0 Å². The summed E-state index contributed by atoms with van der Waals surface area (Å²) in [6, 6.07) is 16.5. The van der Waals surface area contributed by atoms with Crippen molar-refractivity contribution in [3.05, 3.63) is 78.0 Å². The highest BCUT2D eigenvalue weighted by Crippen LogP contribution is 2.23. The largest absolute Gasteiger partial charge is 0.320 e. The number of amides is 1. The van der Waals surface area contributed by atoms with Gasteiger partial charge in [0.1, 0.15) is 0 Å². The number of hydrogen-bond acceptors (Lipinski definition) is 2. The van der Waals surface area contributed by atoms with Gasteiger partial charge in [-0.3, -0.25) is 9.78 Å². The van der Waals surface area contributed by atoms with Crippen molar-refractivity contribution in [2.45, 2.75) is 0 Å². The zero-order chi connectivity index (χ0) is 15.5. The van der Waals surface area contributed by atoms with Gasteiger partial charge in [-0.25, -0.2) is 0 Å². The Balaban J connectivity index is 1.89. The number of nitrogens with zero attached hydrogens (tertiary/aromatic N) is 1. The first-order valence-corrected chi connectivity index (χ1v) is 7.13. The number of carbonyl (C=O) groups excluding carboxylic acids is 1. The molecule has 2 aromatic carbocycles. The number of pyridine rings is 1. The van der Waals surface area contributed by atoms with Crippen molar-refractivity contribution in [1.29, 1.82) is 0 Å². The molecule has 0 saturated heterocycles. The predicted octanol–water partition coefficient (Wildman–Crippen LogP) is 4.54. The number of aromatic nitrogens is 1. The summed E-state index contributed by atoms with van der Waals surface area (Å²) in [6.07, 6.45) is 1.70. The van der Waals surface area contributed by atoms with Crippen LogP contribution in [0.1, 0.15) is 5.56 Å². The van der Waals surface area contributed by atoms with Crippen molar-refractivity contribution in [3.8, 4) is 0 Å². The van der Waals surface area contributed by atoms with E-state index in [-0.39, 0.29) is 5.91 Å². The van der Waals surface area contributed by atoms with E-state index in [1.54, 1.807) is 30.5 Å². The molecule has 0 unspecified atom stereocenters. The van der Waals surface area contributed by atoms with Crippen LogP contribution in [0.5, 0.6) is 0 Å². The minimum absolute atomic E-state index is 0.277. The second-order valence-electron chi connectivity index (χ2n) is 4.82. The van der Waals surface area contributed by atoms with E-state index < -0.39 is 0 Å². The predicted molar refractivity (Wildman–Crippen MR) is 90.9 cm³/mol. The van der Waals surface area contributed by atoms with E-state index in [0.29, 0.717) is 21.8 Å². The van der Waals surface area contributed by atoms with Crippen LogP contribution in [0.2, 0.25) is 5.02 Å². The monoisotopic (exact) mass is 308 g/mol. The Bertz CT molecular complexity index is 868. The van der Waals surface area contributed by atoms with Crippen molar-refractivity contribution in [2.75, 3.05) is 5.32 Å². The van der Waals surface area contributed by atoms with Gasteiger partial charge in [0.05, 0.1) is 11.2 Å². The number of benzene rings is 2. The number of hydrogen-bond donors (Lipinski definition) is 1. The fraction of sp³-hybridized carbons (Fsp3) is 0. The van der Waals surface area contributed by atoms with Crippen LogP contribution in [0.3, 0.4) is 0 Å². The van der Waals surface area contributed by atoms with Gasteiger partial charge in [0.25, 0.3) is 5.91 Å². The summed E-state index contributed by atoms with van der Waals surface area (Å²) in [6.45, 7) is 3.85. The summed E-state index contributed by atoms with van der Waals surface area (Å²) in [4.78, 5) is 16.7. The number of nitrogens with one attached hydrogen (secondary N) is 1. The molecule has 1 aromatic heterocycles. The average Bonchev–Trinajstić information content (AvgIpc) is 2.54. The maximum Gasteiger partial charge on any atom is 0.255 e. The zero-order valence-corrected chi connectivity index (χ0v) is 12.5. The minimum Gasteiger partial charge on any atom is -0.320 e. The van der Waals surface area contributed by atoms with Gasteiger partial charge >= 0.3 is 0 Å². The van der Waals surface area contributed by atoms with Gasteiger partial charge in [-0.15, -0.1) is 0 Å². The van der Waals surface area contributed by atoms with E-state index in [0.717, 1.165) is 10.9 Å². The SMILES string of the molecule is C=C(C(=O)Nc1cccc2cccnc12)c1cccc(Cl)c1. The molecule has 3 rings (SSSR count). The summed E-state index contributed by atoms with van der Waals surface area (Å²) in [7, 11) is 0. The Morgan fingerprint density at radius 2 is 1.86 bits per heavy atom. The number of rotatable bonds is 3. The quantitative estimate of drug-likeness (QED) is 0.722. The molecular weight excluding hydrogens is 296 g/mol. The van der Waals surface area contributed by atoms with Gasteiger partial charge in [0, 0.05) is 22.2 Å². The Labute approximate surface area is 133 Å². The van der Waals surface area contributed by atoms with Gasteiger partial charge in [-0.05, 0) is 29.8 Å². The summed E-state index contributed by atoms with van der Waals surface area (Å²) in [5.41, 5.74) is 2.46. The molecule has 0 bridgehead atoms. The second kappa shape index (κ2) is 6.00. The van der Waals surface area contributed by atoms with Gasteiger partial charge in [-0.2, -0.15) is 0 Å². The van der Waals surface area contributed by atoms with Gasteiger partial charge in [-0.1, -0.05) is 48.5 Å². The molecule has 1 N–H and O–H groups in total. The number of para-hydroxylation sites is 1. The maximum atomic E-state index is 12.4. The fourth-order valence-corrected chi connectivity index (χ4v) is 2.40. The number of carbonyl (C=O) groups is 1. The fourth-order valence-electron chi connectivity index (χ4n) is 2.21. The van der Waals surface area contributed by atoms with E-state index in [4.69, 9.17) is 11.6 Å². The van der Waals surface area contributed by atoms with E-state index in [9.17, 15) is 4.79 Å². The smallest absolute Gasteiger partial charge is 0.255 e. The lowest BCUT2D eigenvalue weighted by Gasteiger charge is -2.10. The van der Waals surface area contributed by atoms with Gasteiger partial charge in [0.15, 0.2) is 0 Å². The molecule has 1 amide bonds. The molecule has 0 saturated carbocycles. The first-order valence-electron chi connectivity index (χ1n) is 6.75. The highest BCUT2D eigenvalue weighted by Gasteiger charge is 2.12. The zero-order valence-electron chi connectivity index (χ0n) is 11.7. The van der Waals surface area contributed by atoms with Crippen LogP contribution in [-0.4, -0.2) is 10.9 Å². The third-order valence-electron chi connectivity index (χ3n) is 3.33. The third kappa shape index (κ3) is 2.85. The number of halogens is 1. The van der Waals surface area contributed by atoms with Crippen molar-refractivity contribution in [2.24, 2.45) is 0 Å². The second-order valence-corrected chi connectivity index (χ2v) is 5.26. The number of anilines is 1. The molecule has 0 radical (unpaired) electrons. The molecule has 0 aliphatic carbocycles. The summed E-state index contributed by atoms with van der Waals surface area (Å²) >= 11 is 5.95. The van der Waals surface area contributed by atoms with Crippen LogP contribution in [0, 0.1) is 0 Å². The average molecular weight is 309 g/mol. The molecule has 4 heteroatoms. The standard InChI is InChI=1S/C18H13ClN2O/c1-12(14-6-2-8-15(19)11-14)18(22)21-16-9-3-5-13-7-4-10-20-17(13)16/h2-11H,1H2,(H,21,22). The third-order valence-corrected chi connectivity index (χ3v) is 3.56. The lowest BCUT2D eigenvalue weighted by Crippen LogP contribution is -2.13. The van der Waals surface area contributed by atoms with E-state index >= 15 is 0 Å². The van der Waals surface area contributed by atoms with Crippen molar-refractivity contribution < 1.29 is 4.79 Å². The highest BCUT2D eigenvalue weighted by atomic mass is 35.5. The molecular formula is C18H13ClN2O. The topological polar surface area (TPSA) is 42.0 Å². The summed E-state index contributed by atoms with van der Waals surface area (Å²) < 4.78 is 0. The van der Waals surface area contributed by atoms with Crippen molar-refractivity contribution >= 4 is 39.7 Å². The molecule has 0 aliphatic heterocycles. The van der Waals surface area contributed by atoms with Crippen LogP contribution < -0.4 is 5.32 Å². The van der Waals surface area contributed by atoms with Gasteiger partial charge in [0.2, 0.25) is 0 Å². The van der Waals surface area contributed by atoms with Crippen LogP contribution in [0.15, 0.2) is 67.4 Å². The first-order chi connectivity index (χ1) is 10.6. The highest BCUT2D eigenvalue weighted by molar-refractivity contribution is 6.31. The summed E-state index contributed by atoms with van der Waals surface area (Å²) in [5, 5.41) is 4.39. The van der Waals surface area contributed by atoms with Crippen LogP contribution in [0.25, 0.3) is 16.5 Å². The molecule has 3 aromatic rings. The first kappa shape index (κ1) is 14.3. The lowest BCUT2D eigenvalue weighted by molar-refractivity contribution is -0.111. The Kier molecular flexibility index (Phi) is 3.90. The normalized spacial score (nSPS) is 10.4. The van der Waals surface area contributed by atoms with Crippen molar-refractivity contribution in [3.63, 3.8) is 0 Å². The number of fused-ring (bicyclic) bond motifs is 1. The van der Waals surface area contributed by atoms with E-state index in [2.05, 4.69) is 16.9 Å². The Hall–Kier alpha value is -2.65. The maximum absolute atomic E-state index is 12.4. The van der Waals surface area contributed by atoms with Crippen LogP contribution in [-0.2, 0) is 4.79 Å². The molecule has 108 valence electrons. The summed E-state index contributed by atoms with van der Waals surface area (Å²) in [5.74, 6) is -0.277. The lowest BCUT2D eigenvalue weighted by atomic mass is 10.1. The van der Waals surface area contributed by atoms with E-state index in [1.807, 2.05) is 30.3 Å². The Morgan fingerprint density at radius 1 is 1.09 bits per heavy atom. The molecule has 1 heterocycles. The molecule has 3 nitrogen and oxygen atoms in total. The molecule has 22 heavy (non-hydrogen) atoms. The molecule has 0 aliphatic rings. The van der Waals surface area contributed by atoms with Gasteiger partial charge < -0.3 is 5.32 Å². The molecule has 0 atom stereocenters. The minimum atomic E-state index is -0.277. The van der Waals surface area contributed by atoms with Crippen molar-refractivity contribution in [1.82, 2.24) is 4.98 Å².